The maximum atomic E-state index is 10.9. The molecule has 0 aliphatic heterocycles. The van der Waals surface area contributed by atoms with Crippen LogP contribution in [0.5, 0.6) is 0 Å². The van der Waals surface area contributed by atoms with Crippen molar-refractivity contribution in [3.05, 3.63) is 12.7 Å². The van der Waals surface area contributed by atoms with Crippen molar-refractivity contribution in [2.24, 2.45) is 0 Å². The zero-order chi connectivity index (χ0) is 13.0. The van der Waals surface area contributed by atoms with Gasteiger partial charge in [0.2, 0.25) is 0 Å². The Balaban J connectivity index is 0. The van der Waals surface area contributed by atoms with Crippen molar-refractivity contribution in [3.63, 3.8) is 0 Å². The molecule has 0 atom stereocenters. The molecule has 0 aliphatic carbocycles. The van der Waals surface area contributed by atoms with Crippen molar-refractivity contribution in [3.8, 4) is 0 Å². The largest absolute Gasteiger partial charge is 0.631 e. The maximum Gasteiger partial charge on any atom is 0.631 e. The van der Waals surface area contributed by atoms with E-state index in [1.54, 1.807) is 0 Å². The number of unbranched alkanes of at least 4 members (excludes halogenated alkanes) is 2. The van der Waals surface area contributed by atoms with Crippen LogP contribution in [-0.2, 0) is 14.3 Å². The summed E-state index contributed by atoms with van der Waals surface area (Å²) in [6, 6.07) is 0. The molecule has 0 aromatic rings. The van der Waals surface area contributed by atoms with E-state index in [4.69, 9.17) is 15.1 Å². The smallest absolute Gasteiger partial charge is 0.402 e. The van der Waals surface area contributed by atoms with E-state index in [1.165, 1.54) is 6.08 Å². The average Bonchev–Trinajstić information content (AvgIpc) is 2.11. The first-order valence-corrected chi connectivity index (χ1v) is 6.45. The minimum atomic E-state index is -3.33. The van der Waals surface area contributed by atoms with Gasteiger partial charge in [0.15, 0.2) is 0 Å². The highest BCUT2D eigenvalue weighted by Gasteiger charge is 2.06. The molecule has 3 N–H and O–H groups in total. The highest BCUT2D eigenvalue weighted by molar-refractivity contribution is 7.86. The summed E-state index contributed by atoms with van der Waals surface area (Å²) in [5, 5.41) is 21.5. The lowest BCUT2D eigenvalue weighted by molar-refractivity contribution is 0.278. The van der Waals surface area contributed by atoms with Crippen LogP contribution in [0, 0.1) is 0 Å². The second-order valence-corrected chi connectivity index (χ2v) is 4.57. The van der Waals surface area contributed by atoms with Gasteiger partial charge in [-0.25, -0.2) is 0 Å². The summed E-state index contributed by atoms with van der Waals surface area (Å²) in [5.74, 6) is -0.0981. The predicted octanol–water partition coefficient (Wildman–Crippen LogP) is -0.343. The lowest BCUT2D eigenvalue weighted by Gasteiger charge is -2.01. The Morgan fingerprint density at radius 3 is 2.19 bits per heavy atom. The van der Waals surface area contributed by atoms with E-state index in [0.29, 0.717) is 6.61 Å². The Kier molecular flexibility index (Phi) is 12.5. The minimum Gasteiger partial charge on any atom is -0.402 e. The van der Waals surface area contributed by atoms with Gasteiger partial charge in [-0.2, -0.15) is 8.42 Å². The Morgan fingerprint density at radius 1 is 1.31 bits per heavy atom. The van der Waals surface area contributed by atoms with Crippen molar-refractivity contribution in [2.75, 3.05) is 12.4 Å². The summed E-state index contributed by atoms with van der Waals surface area (Å²) >= 11 is 0. The third-order valence-corrected chi connectivity index (χ3v) is 2.50. The van der Waals surface area contributed by atoms with Gasteiger partial charge in [-0.3, -0.25) is 4.18 Å². The molecule has 0 heterocycles. The van der Waals surface area contributed by atoms with E-state index < -0.39 is 17.4 Å². The topological polar surface area (TPSA) is 104 Å². The molecule has 6 nitrogen and oxygen atoms in total. The van der Waals surface area contributed by atoms with Crippen molar-refractivity contribution in [1.29, 1.82) is 0 Å². The van der Waals surface area contributed by atoms with Gasteiger partial charge >= 0.3 is 7.32 Å². The Hall–Kier alpha value is -0.405. The van der Waals surface area contributed by atoms with Gasteiger partial charge in [-0.15, -0.1) is 6.58 Å². The lowest BCUT2D eigenvalue weighted by atomic mass is 10.3. The van der Waals surface area contributed by atoms with Gasteiger partial charge in [0.25, 0.3) is 10.1 Å². The van der Waals surface area contributed by atoms with Gasteiger partial charge in [0.1, 0.15) is 0 Å². The van der Waals surface area contributed by atoms with E-state index in [1.807, 2.05) is 0 Å². The van der Waals surface area contributed by atoms with Crippen LogP contribution in [0.1, 0.15) is 26.2 Å². The van der Waals surface area contributed by atoms with E-state index >= 15 is 0 Å². The number of hydrogen-bond acceptors (Lipinski definition) is 6. The summed E-state index contributed by atoms with van der Waals surface area (Å²) in [7, 11) is -5.50. The molecule has 96 valence electrons. The van der Waals surface area contributed by atoms with Crippen molar-refractivity contribution < 1.29 is 27.7 Å². The summed E-state index contributed by atoms with van der Waals surface area (Å²) in [5.41, 5.74) is 0. The maximum absolute atomic E-state index is 10.9. The minimum absolute atomic E-state index is 0.0981. The Labute approximate surface area is 96.9 Å². The molecule has 0 aromatic carbocycles. The fourth-order valence-electron chi connectivity index (χ4n) is 0.730. The predicted molar refractivity (Wildman–Crippen MR) is 61.9 cm³/mol. The zero-order valence-electron chi connectivity index (χ0n) is 9.37. The molecule has 0 spiro atoms. The molecular weight excluding hydrogens is 235 g/mol. The van der Waals surface area contributed by atoms with Crippen molar-refractivity contribution in [1.82, 2.24) is 0 Å². The number of rotatable bonds is 7. The van der Waals surface area contributed by atoms with Crippen LogP contribution in [0.15, 0.2) is 12.7 Å². The molecule has 0 aromatic heterocycles. The van der Waals surface area contributed by atoms with Crippen LogP contribution in [-0.4, -0.2) is 43.2 Å². The summed E-state index contributed by atoms with van der Waals surface area (Å²) in [4.78, 5) is 0. The average molecular weight is 254 g/mol. The monoisotopic (exact) mass is 254 g/mol. The molecule has 0 bridgehead atoms. The van der Waals surface area contributed by atoms with E-state index in [9.17, 15) is 8.42 Å². The SMILES string of the molecule is C=CCS(=O)(=O)OCCCCC.OB(O)O. The van der Waals surface area contributed by atoms with Crippen molar-refractivity contribution >= 4 is 17.4 Å². The fraction of sp³-hybridized carbons (Fsp3) is 0.750. The molecule has 0 unspecified atom stereocenters. The number of hydrogen-bond donors (Lipinski definition) is 3. The van der Waals surface area contributed by atoms with E-state index in [-0.39, 0.29) is 5.75 Å². The Bertz CT molecular complexity index is 248. The lowest BCUT2D eigenvalue weighted by Crippen LogP contribution is -2.09. The first kappa shape index (κ1) is 18.0. The molecule has 0 saturated carbocycles. The molecule has 0 radical (unpaired) electrons. The highest BCUT2D eigenvalue weighted by atomic mass is 32.2. The summed E-state index contributed by atoms with van der Waals surface area (Å²) in [6.07, 6.45) is 4.19. The molecule has 16 heavy (non-hydrogen) atoms. The second kappa shape index (κ2) is 11.1. The first-order valence-electron chi connectivity index (χ1n) is 4.88. The fourth-order valence-corrected chi connectivity index (χ4v) is 1.49. The molecule has 8 heteroatoms. The highest BCUT2D eigenvalue weighted by Crippen LogP contribution is 1.99. The van der Waals surface area contributed by atoms with Gasteiger partial charge in [-0.1, -0.05) is 25.8 Å². The molecule has 0 fully saturated rings. The standard InChI is InChI=1S/C8H16O3S.BH3O3/c1-3-5-6-7-11-12(9,10)8-4-2;2-1(3)4/h4H,2-3,5-8H2,1H3;2-4H. The molecule has 0 rings (SSSR count). The van der Waals surface area contributed by atoms with Crippen LogP contribution in [0.3, 0.4) is 0 Å². The second-order valence-electron chi connectivity index (χ2n) is 2.89. The normalized spacial score (nSPS) is 10.2. The quantitative estimate of drug-likeness (QED) is 0.248. The molecule has 0 saturated heterocycles. The molecule has 0 amide bonds. The van der Waals surface area contributed by atoms with E-state index in [2.05, 4.69) is 17.7 Å². The van der Waals surface area contributed by atoms with Gasteiger partial charge in [-0.05, 0) is 6.42 Å². The van der Waals surface area contributed by atoms with E-state index in [0.717, 1.165) is 19.3 Å². The van der Waals surface area contributed by atoms with Crippen LogP contribution in [0.25, 0.3) is 0 Å². The van der Waals surface area contributed by atoms with Crippen LogP contribution in [0.4, 0.5) is 0 Å². The van der Waals surface area contributed by atoms with Crippen LogP contribution < -0.4 is 0 Å². The summed E-state index contributed by atoms with van der Waals surface area (Å²) < 4.78 is 26.5. The molecule has 0 aliphatic rings. The van der Waals surface area contributed by atoms with Crippen LogP contribution >= 0.6 is 0 Å². The third-order valence-electron chi connectivity index (χ3n) is 1.33. The first-order chi connectivity index (χ1) is 7.35. The third kappa shape index (κ3) is 19.2. The van der Waals surface area contributed by atoms with Gasteiger partial charge < -0.3 is 15.1 Å². The summed E-state index contributed by atoms with van der Waals surface area (Å²) in [6.45, 7) is 5.68. The van der Waals surface area contributed by atoms with Crippen molar-refractivity contribution in [2.45, 2.75) is 26.2 Å². The van der Waals surface area contributed by atoms with Gasteiger partial charge in [0, 0.05) is 0 Å². The van der Waals surface area contributed by atoms with Gasteiger partial charge in [0.05, 0.1) is 12.4 Å². The Morgan fingerprint density at radius 2 is 1.81 bits per heavy atom. The van der Waals surface area contributed by atoms with Crippen LogP contribution in [0.2, 0.25) is 0 Å². The molecular formula is C8H19BO6S. The zero-order valence-corrected chi connectivity index (χ0v) is 10.2.